The monoisotopic (exact) mass is 979 g/mol. The van der Waals surface area contributed by atoms with Crippen molar-refractivity contribution in [2.45, 2.75) is 93.4 Å². The van der Waals surface area contributed by atoms with Crippen LogP contribution in [-0.2, 0) is 52.7 Å². The van der Waals surface area contributed by atoms with Gasteiger partial charge in [0.2, 0.25) is 53.2 Å². The van der Waals surface area contributed by atoms with E-state index in [0.29, 0.717) is 0 Å². The fourth-order valence-corrected chi connectivity index (χ4v) is 8.30. The zero-order valence-electron chi connectivity index (χ0n) is 35.6. The molecule has 29 nitrogen and oxygen atoms in total. The van der Waals surface area contributed by atoms with E-state index in [1.807, 2.05) is 0 Å². The van der Waals surface area contributed by atoms with Crippen molar-refractivity contribution in [2.24, 2.45) is 22.2 Å². The number of nitrogens with two attached hydrogens (primary N) is 3. The van der Waals surface area contributed by atoms with E-state index < -0.39 is 152 Å². The van der Waals surface area contributed by atoms with Crippen molar-refractivity contribution in [3.63, 3.8) is 0 Å². The summed E-state index contributed by atoms with van der Waals surface area (Å²) in [5.41, 5.74) is 16.7. The number of rotatable bonds is 10. The Kier molecular flexibility index (Phi) is 23.9. The van der Waals surface area contributed by atoms with Gasteiger partial charge in [0.25, 0.3) is 0 Å². The Morgan fingerprint density at radius 2 is 1.26 bits per heavy atom. The van der Waals surface area contributed by atoms with Crippen molar-refractivity contribution in [1.29, 1.82) is 0 Å². The standard InChI is InChI=1S/C35H57N13O16S2/c1-15-26(55)44-19(10-49)30(59)45-20(11-50)31(60)47-22(34(63)64)14-66-65-13-16(36)27(56)43-17(4-2-6-39-35(37)38)28(57)40-9-24(52)42-18(8-25(53)54)29(58)46-21(12-51)33(62)48-7-3-5-23(48)32(61)41-15/h15-23,49-51H,2-14,36H2,1H3,(H,40,57)(H,41,61)(H,42,52)(H,43,56)(H,44,55)(H,45,59)(H,46,58)(H,47,60)(H,53,54)(H,63,64)(H4,37,38,39)/t15-,16-,17-,18-,19-,20-,21-,22-,23-/m0/s1. The average Bonchev–Trinajstić information content (AvgIpc) is 3.76. The summed E-state index contributed by atoms with van der Waals surface area (Å²) in [6.07, 6.45) is -0.727. The molecule has 19 N–H and O–H groups in total. The predicted molar refractivity (Wildman–Crippen MR) is 231 cm³/mol. The van der Waals surface area contributed by atoms with Gasteiger partial charge in [-0.2, -0.15) is 0 Å². The Morgan fingerprint density at radius 3 is 1.85 bits per heavy atom. The molecule has 370 valence electrons. The lowest BCUT2D eigenvalue weighted by molar-refractivity contribution is -0.144. The molecule has 0 bridgehead atoms. The fourth-order valence-electron chi connectivity index (χ4n) is 6.02. The number of fused-ring (bicyclic) bond motifs is 1. The van der Waals surface area contributed by atoms with Crippen LogP contribution in [0.4, 0.5) is 0 Å². The minimum atomic E-state index is -1.87. The van der Waals surface area contributed by atoms with Crippen molar-refractivity contribution in [3.8, 4) is 0 Å². The largest absolute Gasteiger partial charge is 0.481 e. The van der Waals surface area contributed by atoms with Crippen LogP contribution in [0.5, 0.6) is 0 Å². The topological polar surface area (TPSA) is 479 Å². The summed E-state index contributed by atoms with van der Waals surface area (Å²) >= 11 is 0. The minimum Gasteiger partial charge on any atom is -0.481 e. The summed E-state index contributed by atoms with van der Waals surface area (Å²) in [6, 6.07) is -14.2. The van der Waals surface area contributed by atoms with Gasteiger partial charge >= 0.3 is 11.9 Å². The maximum atomic E-state index is 13.6. The summed E-state index contributed by atoms with van der Waals surface area (Å²) < 4.78 is 0. The molecular formula is C35H57N13O16S2. The van der Waals surface area contributed by atoms with Crippen LogP contribution in [0.25, 0.3) is 0 Å². The molecular weight excluding hydrogens is 923 g/mol. The average molecular weight is 980 g/mol. The molecule has 9 amide bonds. The van der Waals surface area contributed by atoms with Crippen molar-refractivity contribution < 1.29 is 78.3 Å². The Bertz CT molecular complexity index is 1830. The highest BCUT2D eigenvalue weighted by molar-refractivity contribution is 8.76. The van der Waals surface area contributed by atoms with Crippen LogP contribution >= 0.6 is 21.6 Å². The lowest BCUT2D eigenvalue weighted by Crippen LogP contribution is -2.60. The molecule has 0 spiro atoms. The first-order valence-electron chi connectivity index (χ1n) is 20.2. The molecule has 0 saturated carbocycles. The van der Waals surface area contributed by atoms with Crippen LogP contribution < -0.4 is 59.7 Å². The maximum absolute atomic E-state index is 13.6. The molecule has 2 fully saturated rings. The maximum Gasteiger partial charge on any atom is 0.327 e. The van der Waals surface area contributed by atoms with Crippen LogP contribution in [0.15, 0.2) is 4.99 Å². The molecule has 2 aliphatic heterocycles. The summed E-state index contributed by atoms with van der Waals surface area (Å²) in [5, 5.41) is 66.8. The summed E-state index contributed by atoms with van der Waals surface area (Å²) in [4.78, 5) is 147. The van der Waals surface area contributed by atoms with Gasteiger partial charge in [-0.15, -0.1) is 0 Å². The second-order valence-corrected chi connectivity index (χ2v) is 17.2. The molecule has 31 heteroatoms. The van der Waals surface area contributed by atoms with Crippen molar-refractivity contribution >= 4 is 92.7 Å². The van der Waals surface area contributed by atoms with Crippen LogP contribution in [0.3, 0.4) is 0 Å². The van der Waals surface area contributed by atoms with Gasteiger partial charge in [-0.1, -0.05) is 21.6 Å². The summed E-state index contributed by atoms with van der Waals surface area (Å²) in [6.45, 7) is -2.89. The number of carbonyl (C=O) groups excluding carboxylic acids is 9. The number of carboxylic acid groups (broad SMARTS) is 2. The molecule has 2 heterocycles. The fraction of sp³-hybridized carbons (Fsp3) is 0.657. The van der Waals surface area contributed by atoms with Crippen molar-refractivity contribution in [3.05, 3.63) is 0 Å². The molecule has 0 aromatic heterocycles. The molecule has 9 atom stereocenters. The highest BCUT2D eigenvalue weighted by Crippen LogP contribution is 2.23. The normalized spacial score (nSPS) is 27.9. The number of amides is 9. The number of hydrogen-bond acceptors (Lipinski definition) is 18. The molecule has 2 aliphatic rings. The first-order chi connectivity index (χ1) is 31.1. The lowest BCUT2D eigenvalue weighted by atomic mass is 10.1. The van der Waals surface area contributed by atoms with E-state index in [1.54, 1.807) is 0 Å². The minimum absolute atomic E-state index is 0.0171. The van der Waals surface area contributed by atoms with E-state index in [4.69, 9.17) is 17.2 Å². The number of aliphatic imine (C=N–C) groups is 1. The number of carboxylic acids is 2. The molecule has 0 unspecified atom stereocenters. The molecule has 0 aromatic rings. The molecule has 2 rings (SSSR count). The SMILES string of the molecule is C[C@@H]1NC(=O)[C@@H]2CCCN2C(=O)[C@H](CO)NC(=O)[C@H](CC(=O)O)NC(=O)CNC(=O)[C@H](CCCN=C(N)N)NC(=O)[C@@H](N)CSSC[C@@H](C(=O)O)NC(=O)[C@H](CO)NC(=O)[C@H](CO)NC1=O. The van der Waals surface area contributed by atoms with E-state index in [9.17, 15) is 78.3 Å². The predicted octanol–water partition coefficient (Wildman–Crippen LogP) is -9.18. The number of nitrogens with one attached hydrogen (secondary N) is 8. The van der Waals surface area contributed by atoms with Gasteiger partial charge in [0.1, 0.15) is 48.3 Å². The number of hydrogen-bond donors (Lipinski definition) is 16. The third-order valence-electron chi connectivity index (χ3n) is 9.57. The van der Waals surface area contributed by atoms with Crippen LogP contribution in [-0.4, -0.2) is 207 Å². The third kappa shape index (κ3) is 18.5. The van der Waals surface area contributed by atoms with Gasteiger partial charge in [0.15, 0.2) is 5.96 Å². The first kappa shape index (κ1) is 56.1. The zero-order valence-corrected chi connectivity index (χ0v) is 37.2. The van der Waals surface area contributed by atoms with Crippen LogP contribution in [0.2, 0.25) is 0 Å². The highest BCUT2D eigenvalue weighted by Gasteiger charge is 2.40. The van der Waals surface area contributed by atoms with Gasteiger partial charge in [-0.05, 0) is 32.6 Å². The van der Waals surface area contributed by atoms with Gasteiger partial charge in [-0.25, -0.2) is 4.79 Å². The molecule has 2 saturated heterocycles. The number of carbonyl (C=O) groups is 11. The van der Waals surface area contributed by atoms with E-state index in [-0.39, 0.29) is 56.2 Å². The van der Waals surface area contributed by atoms with Gasteiger partial charge in [0.05, 0.1) is 38.8 Å². The van der Waals surface area contributed by atoms with Gasteiger partial charge < -0.3 is 90.2 Å². The lowest BCUT2D eigenvalue weighted by Gasteiger charge is -2.29. The highest BCUT2D eigenvalue weighted by atomic mass is 33.1. The molecule has 66 heavy (non-hydrogen) atoms. The smallest absolute Gasteiger partial charge is 0.327 e. The second kappa shape index (κ2) is 28.1. The molecule has 0 aromatic carbocycles. The number of aliphatic carboxylic acids is 2. The Hall–Kier alpha value is -6.02. The quantitative estimate of drug-likeness (QED) is 0.0418. The van der Waals surface area contributed by atoms with E-state index in [1.165, 1.54) is 6.92 Å². The molecule has 0 aliphatic carbocycles. The number of guanidine groups is 1. The number of aliphatic hydroxyl groups excluding tert-OH is 3. The van der Waals surface area contributed by atoms with E-state index >= 15 is 0 Å². The van der Waals surface area contributed by atoms with Crippen LogP contribution in [0, 0.1) is 0 Å². The van der Waals surface area contributed by atoms with Gasteiger partial charge in [0, 0.05) is 24.6 Å². The van der Waals surface area contributed by atoms with E-state index in [2.05, 4.69) is 47.5 Å². The third-order valence-corrected chi connectivity index (χ3v) is 12.0. The Balaban J connectivity index is 2.43. The summed E-state index contributed by atoms with van der Waals surface area (Å²) in [5.74, 6) is -13.3. The van der Waals surface area contributed by atoms with Crippen molar-refractivity contribution in [2.75, 3.05) is 51.0 Å². The first-order valence-corrected chi connectivity index (χ1v) is 22.6. The second-order valence-electron chi connectivity index (χ2n) is 14.7. The number of nitrogens with zero attached hydrogens (tertiary/aromatic N) is 2. The van der Waals surface area contributed by atoms with Gasteiger partial charge in [-0.3, -0.25) is 52.9 Å². The van der Waals surface area contributed by atoms with E-state index in [0.717, 1.165) is 26.5 Å². The Labute approximate surface area is 384 Å². The Morgan fingerprint density at radius 1 is 0.697 bits per heavy atom. The summed E-state index contributed by atoms with van der Waals surface area (Å²) in [7, 11) is 1.76. The van der Waals surface area contributed by atoms with Crippen LogP contribution in [0.1, 0.15) is 39.0 Å². The molecule has 0 radical (unpaired) electrons. The van der Waals surface area contributed by atoms with Crippen molar-refractivity contribution in [1.82, 2.24) is 47.4 Å². The number of aliphatic hydroxyl groups is 3. The zero-order chi connectivity index (χ0) is 49.7.